The molecule has 0 aliphatic heterocycles. The highest BCUT2D eigenvalue weighted by atomic mass is 127. The summed E-state index contributed by atoms with van der Waals surface area (Å²) in [7, 11) is 0. The van der Waals surface area contributed by atoms with Crippen molar-refractivity contribution in [3.05, 3.63) is 105 Å². The van der Waals surface area contributed by atoms with E-state index in [-0.39, 0.29) is 83.3 Å². The number of carboxylic acid groups (broad SMARTS) is 2. The number of rotatable bonds is 34. The molecule has 32 heteroatoms. The van der Waals surface area contributed by atoms with Crippen LogP contribution in [0.2, 0.25) is 0 Å². The van der Waals surface area contributed by atoms with Crippen molar-refractivity contribution in [3.63, 3.8) is 0 Å². The molecule has 26 nitrogen and oxygen atoms in total. The molecule has 564 valence electrons. The molecule has 0 radical (unpaired) electrons. The molecule has 26 N–H and O–H groups in total. The smallest absolute Gasteiger partial charge is 0.303 e. The highest BCUT2D eigenvalue weighted by Crippen LogP contribution is 2.35. The summed E-state index contributed by atoms with van der Waals surface area (Å²) < 4.78 is 18.3. The van der Waals surface area contributed by atoms with Gasteiger partial charge in [0.25, 0.3) is 0 Å². The van der Waals surface area contributed by atoms with Crippen LogP contribution in [0.1, 0.15) is 144 Å². The molecule has 0 saturated heterocycles. The zero-order valence-corrected chi connectivity index (χ0v) is 71.2. The number of benzene rings is 4. The second-order valence-corrected chi connectivity index (χ2v) is 29.8. The Balaban J connectivity index is -0.000000548. The number of aliphatic carboxylic acids is 2. The number of carbonyl (C=O) groups excluding carboxylic acids is 8. The number of ketones is 8. The Kier molecular flexibility index (Phi) is 62.7. The molecule has 0 aliphatic carbocycles. The van der Waals surface area contributed by atoms with Crippen molar-refractivity contribution in [1.82, 2.24) is 0 Å². The van der Waals surface area contributed by atoms with E-state index >= 15 is 0 Å². The summed E-state index contributed by atoms with van der Waals surface area (Å²) in [6.45, 7) is 14.0. The number of Topliss-reactive ketones (excluding diaryl/α,β-unsaturated/α-hetero) is 8. The first-order valence-electron chi connectivity index (χ1n) is 31.7. The third-order valence-electron chi connectivity index (χ3n) is 13.4. The monoisotopic (exact) mass is 2080 g/mol. The lowest BCUT2D eigenvalue weighted by Crippen LogP contribution is -2.30. The normalized spacial score (nSPS) is 12.6. The average Bonchev–Trinajstić information content (AvgIpc) is 0.835. The molecular formula is C68H106I6N12O14. The topological polar surface area (TPSA) is 542 Å². The van der Waals surface area contributed by atoms with E-state index in [0.29, 0.717) is 90.4 Å². The van der Waals surface area contributed by atoms with Crippen molar-refractivity contribution in [1.29, 1.82) is 0 Å². The SMILES string of the molecule is CC(=O)[C@@H](N)CCCC(=O)O.CC(=O)[C@@H](N)CCCN.CC(=O)[C@@H](N)CCN.CC(=O)[C@@H](N)Cc1cc(I)c(Oc2cccc(I)c2)c(I)c1.CC(=O)[C@H](N)CCCC(=O)O.CC(=O)[C@H](N)CCCN.CC(=O)[C@H](N)CCN.CC(=O)[C@H](N)Cc1cc(I)c(Oc2cccc(I)c2)c(I)c1. The van der Waals surface area contributed by atoms with Crippen LogP contribution in [-0.4, -0.2) is 143 Å². The fourth-order valence-electron chi connectivity index (χ4n) is 6.95. The van der Waals surface area contributed by atoms with Gasteiger partial charge in [-0.15, -0.1) is 0 Å². The average molecular weight is 2080 g/mol. The van der Waals surface area contributed by atoms with E-state index < -0.39 is 36.1 Å². The van der Waals surface area contributed by atoms with E-state index in [2.05, 4.69) is 136 Å². The number of carbonyl (C=O) groups is 10. The minimum atomic E-state index is -0.847. The molecule has 0 aliphatic rings. The molecule has 4 aromatic carbocycles. The van der Waals surface area contributed by atoms with Crippen molar-refractivity contribution in [2.75, 3.05) is 26.2 Å². The number of hydrogen-bond donors (Lipinski definition) is 14. The summed E-state index contributed by atoms with van der Waals surface area (Å²) in [5.74, 6) is 1.55. The zero-order chi connectivity index (χ0) is 77.9. The van der Waals surface area contributed by atoms with Gasteiger partial charge in [-0.25, -0.2) is 0 Å². The summed E-state index contributed by atoms with van der Waals surface area (Å²) in [5, 5.41) is 16.5. The molecule has 0 amide bonds. The second kappa shape index (κ2) is 60.9. The van der Waals surface area contributed by atoms with Gasteiger partial charge < -0.3 is 88.5 Å². The van der Waals surface area contributed by atoms with Crippen LogP contribution in [0, 0.1) is 21.4 Å². The van der Waals surface area contributed by atoms with Gasteiger partial charge in [0.05, 0.1) is 62.6 Å². The summed E-state index contributed by atoms with van der Waals surface area (Å²) >= 11 is 13.5. The molecule has 0 bridgehead atoms. The quantitative estimate of drug-likeness (QED) is 0.0200. The van der Waals surface area contributed by atoms with Gasteiger partial charge in [-0.3, -0.25) is 47.9 Å². The van der Waals surface area contributed by atoms with Crippen molar-refractivity contribution in [2.24, 2.45) is 68.8 Å². The standard InChI is InChI=1S/2C16H14I3NO2.2C7H13NO3.2C6H14N2O.2C5H12N2O/c2*1-9(21)15(20)7-10-5-13(18)16(14(19)6-10)22-12-4-2-3-11(17)8-12;2*1-5(9)6(8)3-2-4-7(10)11;2*1-5(9)6(8)3-2-4-7;2*1-4(8)5(7)2-3-6/h2*2-6,8,15H,7,20H2,1H3;2*6H,2-4,8H2,1H3,(H,10,11);2*6H,2-4,7-8H2,1H3;2*5H,2-3,6-7H2,1H3/t2*15-;4*6-;2*5-/m10101010/s1. The first-order chi connectivity index (χ1) is 46.5. The minimum Gasteiger partial charge on any atom is -0.481 e. The molecule has 4 rings (SSSR count). The molecule has 4 aromatic rings. The van der Waals surface area contributed by atoms with Crippen molar-refractivity contribution >= 4 is 194 Å². The third kappa shape index (κ3) is 55.2. The van der Waals surface area contributed by atoms with Crippen LogP contribution in [0.5, 0.6) is 23.0 Å². The highest BCUT2D eigenvalue weighted by Gasteiger charge is 2.18. The molecule has 8 atom stereocenters. The molecule has 0 spiro atoms. The van der Waals surface area contributed by atoms with Crippen LogP contribution in [0.4, 0.5) is 0 Å². The van der Waals surface area contributed by atoms with E-state index in [0.717, 1.165) is 68.4 Å². The van der Waals surface area contributed by atoms with Crippen LogP contribution in [-0.2, 0) is 60.8 Å². The Bertz CT molecular complexity index is 2890. The molecule has 0 fully saturated rings. The Morgan fingerprint density at radius 3 is 0.760 bits per heavy atom. The molecular weight excluding hydrogens is 1970 g/mol. The van der Waals surface area contributed by atoms with Crippen LogP contribution in [0.15, 0.2) is 72.8 Å². The van der Waals surface area contributed by atoms with Crippen molar-refractivity contribution in [2.45, 2.75) is 194 Å². The lowest BCUT2D eigenvalue weighted by Gasteiger charge is -2.14. The Labute approximate surface area is 671 Å². The lowest BCUT2D eigenvalue weighted by molar-refractivity contribution is -0.138. The van der Waals surface area contributed by atoms with Gasteiger partial charge in [-0.2, -0.15) is 0 Å². The Morgan fingerprint density at radius 2 is 0.570 bits per heavy atom. The summed E-state index contributed by atoms with van der Waals surface area (Å²) in [6, 6.07) is 20.8. The maximum absolute atomic E-state index is 11.3. The Morgan fingerprint density at radius 1 is 0.340 bits per heavy atom. The fraction of sp³-hybridized carbons (Fsp3) is 0.500. The molecule has 0 heterocycles. The van der Waals surface area contributed by atoms with E-state index in [1.54, 1.807) is 0 Å². The maximum atomic E-state index is 11.3. The van der Waals surface area contributed by atoms with E-state index in [4.69, 9.17) is 88.5 Å². The molecule has 0 unspecified atom stereocenters. The number of carboxylic acids is 2. The summed E-state index contributed by atoms with van der Waals surface area (Å²) in [6.07, 6.45) is 7.40. The van der Waals surface area contributed by atoms with Gasteiger partial charge >= 0.3 is 11.9 Å². The lowest BCUT2D eigenvalue weighted by atomic mass is 10.0. The first kappa shape index (κ1) is 103. The molecule has 100 heavy (non-hydrogen) atoms. The predicted octanol–water partition coefficient (Wildman–Crippen LogP) is 7.60. The second-order valence-electron chi connectivity index (χ2n) is 22.6. The first-order valence-corrected chi connectivity index (χ1v) is 38.2. The van der Waals surface area contributed by atoms with Crippen molar-refractivity contribution in [3.8, 4) is 23.0 Å². The van der Waals surface area contributed by atoms with Gasteiger partial charge in [0.2, 0.25) is 0 Å². The van der Waals surface area contributed by atoms with Gasteiger partial charge in [0.15, 0.2) is 11.5 Å². The van der Waals surface area contributed by atoms with Crippen LogP contribution < -0.4 is 78.3 Å². The minimum absolute atomic E-state index is 0.00389. The fourth-order valence-corrected chi connectivity index (χ4v) is 12.2. The van der Waals surface area contributed by atoms with Crippen LogP contribution in [0.3, 0.4) is 0 Å². The number of nitrogens with two attached hydrogens (primary N) is 12. The van der Waals surface area contributed by atoms with Crippen LogP contribution in [0.25, 0.3) is 0 Å². The van der Waals surface area contributed by atoms with Gasteiger partial charge in [-0.1, -0.05) is 12.1 Å². The molecule has 0 saturated carbocycles. The zero-order valence-electron chi connectivity index (χ0n) is 58.3. The summed E-state index contributed by atoms with van der Waals surface area (Å²) in [5.41, 5.74) is 66.6. The van der Waals surface area contributed by atoms with Crippen LogP contribution >= 0.6 is 136 Å². The highest BCUT2D eigenvalue weighted by molar-refractivity contribution is 14.1. The largest absolute Gasteiger partial charge is 0.481 e. The molecule has 0 aromatic heterocycles. The maximum Gasteiger partial charge on any atom is 0.303 e. The van der Waals surface area contributed by atoms with E-state index in [1.165, 1.54) is 55.4 Å². The van der Waals surface area contributed by atoms with Gasteiger partial charge in [0.1, 0.15) is 57.8 Å². The number of ether oxygens (including phenoxy) is 2. The van der Waals surface area contributed by atoms with Gasteiger partial charge in [0, 0.05) is 20.0 Å². The van der Waals surface area contributed by atoms with Crippen molar-refractivity contribution < 1.29 is 67.6 Å². The van der Waals surface area contributed by atoms with E-state index in [9.17, 15) is 47.9 Å². The summed E-state index contributed by atoms with van der Waals surface area (Å²) in [4.78, 5) is 105. The van der Waals surface area contributed by atoms with Gasteiger partial charge in [-0.05, 0) is 366 Å². The third-order valence-corrected chi connectivity index (χ3v) is 18.0. The number of halogens is 6. The van der Waals surface area contributed by atoms with E-state index in [1.807, 2.05) is 72.8 Å². The predicted molar refractivity (Wildman–Crippen MR) is 446 cm³/mol. The number of hydrogen-bond acceptors (Lipinski definition) is 24. The Hall–Kier alpha value is -3.32.